The van der Waals surface area contributed by atoms with Gasteiger partial charge in [-0.25, -0.2) is 0 Å². The van der Waals surface area contributed by atoms with E-state index in [0.29, 0.717) is 0 Å². The largest absolute Gasteiger partial charge is 0.320 e. The Labute approximate surface area is 130 Å². The molecule has 2 rings (SSSR count). The summed E-state index contributed by atoms with van der Waals surface area (Å²) in [6.45, 7) is 10.9. The van der Waals surface area contributed by atoms with E-state index in [4.69, 9.17) is 5.73 Å². The van der Waals surface area contributed by atoms with Gasteiger partial charge in [0.15, 0.2) is 0 Å². The Hall–Kier alpha value is -1.12. The predicted octanol–water partition coefficient (Wildman–Crippen LogP) is 5.04. The number of hydrogen-bond donors (Lipinski definition) is 1. The van der Waals surface area contributed by atoms with Crippen molar-refractivity contribution in [2.45, 2.75) is 40.7 Å². The molecule has 20 heavy (non-hydrogen) atoms. The van der Waals surface area contributed by atoms with Crippen LogP contribution in [0, 0.1) is 34.6 Å². The van der Waals surface area contributed by atoms with Gasteiger partial charge < -0.3 is 5.73 Å². The second-order valence-electron chi connectivity index (χ2n) is 5.57. The predicted molar refractivity (Wildman–Crippen MR) is 90.3 cm³/mol. The first-order valence-electron chi connectivity index (χ1n) is 6.92. The van der Waals surface area contributed by atoms with E-state index in [1.54, 1.807) is 0 Å². The molecule has 0 amide bonds. The molecule has 0 fully saturated rings. The maximum atomic E-state index is 6.54. The van der Waals surface area contributed by atoms with Crippen LogP contribution in [0.2, 0.25) is 0 Å². The molecule has 2 heteroatoms. The van der Waals surface area contributed by atoms with Crippen LogP contribution in [0.3, 0.4) is 0 Å². The lowest BCUT2D eigenvalue weighted by Crippen LogP contribution is -2.17. The normalized spacial score (nSPS) is 12.6. The number of halogens is 1. The zero-order chi connectivity index (χ0) is 15.0. The van der Waals surface area contributed by atoms with Crippen molar-refractivity contribution in [2.75, 3.05) is 0 Å². The fourth-order valence-corrected chi connectivity index (χ4v) is 3.10. The van der Waals surface area contributed by atoms with Crippen molar-refractivity contribution in [3.05, 3.63) is 67.7 Å². The zero-order valence-corrected chi connectivity index (χ0v) is 14.4. The number of rotatable bonds is 2. The van der Waals surface area contributed by atoms with Gasteiger partial charge in [-0.2, -0.15) is 0 Å². The number of benzene rings is 2. The molecular formula is C18H22BrN. The van der Waals surface area contributed by atoms with E-state index in [0.717, 1.165) is 10.0 Å². The fraction of sp³-hybridized carbons (Fsp3) is 0.333. The molecule has 0 heterocycles. The topological polar surface area (TPSA) is 26.0 Å². The average Bonchev–Trinajstić information content (AvgIpc) is 2.44. The Morgan fingerprint density at radius 1 is 0.750 bits per heavy atom. The molecule has 1 unspecified atom stereocenters. The van der Waals surface area contributed by atoms with Gasteiger partial charge in [0.25, 0.3) is 0 Å². The summed E-state index contributed by atoms with van der Waals surface area (Å²) in [4.78, 5) is 0. The molecule has 1 nitrogen and oxygen atoms in total. The molecule has 0 aliphatic carbocycles. The van der Waals surface area contributed by atoms with Gasteiger partial charge in [0.05, 0.1) is 6.04 Å². The van der Waals surface area contributed by atoms with E-state index < -0.39 is 0 Å². The molecule has 0 bridgehead atoms. The van der Waals surface area contributed by atoms with Crippen LogP contribution in [0.15, 0.2) is 28.7 Å². The van der Waals surface area contributed by atoms with Crippen LogP contribution in [0.1, 0.15) is 45.0 Å². The summed E-state index contributed by atoms with van der Waals surface area (Å²) in [6.07, 6.45) is 0. The van der Waals surface area contributed by atoms with Crippen molar-refractivity contribution in [1.82, 2.24) is 0 Å². The number of hydrogen-bond acceptors (Lipinski definition) is 1. The summed E-state index contributed by atoms with van der Waals surface area (Å²) in [5.41, 5.74) is 15.7. The first-order valence-corrected chi connectivity index (χ1v) is 7.71. The standard InChI is InChI=1S/C18H22BrN/c1-10-11(2)13(4)17(14(5)12(10)3)18(20)15-6-8-16(19)9-7-15/h6-9,18H,20H2,1-5H3. The molecule has 0 saturated heterocycles. The SMILES string of the molecule is Cc1c(C)c(C)c(C(N)c2ccc(Br)cc2)c(C)c1C. The minimum absolute atomic E-state index is 0.0684. The lowest BCUT2D eigenvalue weighted by Gasteiger charge is -2.23. The average molecular weight is 332 g/mol. The van der Waals surface area contributed by atoms with Gasteiger partial charge >= 0.3 is 0 Å². The minimum atomic E-state index is -0.0684. The second kappa shape index (κ2) is 5.71. The van der Waals surface area contributed by atoms with Crippen molar-refractivity contribution in [2.24, 2.45) is 5.73 Å². The van der Waals surface area contributed by atoms with Crippen LogP contribution in [0.4, 0.5) is 0 Å². The molecule has 2 aromatic rings. The Morgan fingerprint density at radius 3 is 1.60 bits per heavy atom. The van der Waals surface area contributed by atoms with E-state index in [1.165, 1.54) is 33.4 Å². The van der Waals surface area contributed by atoms with Crippen LogP contribution in [-0.4, -0.2) is 0 Å². The smallest absolute Gasteiger partial charge is 0.0557 e. The van der Waals surface area contributed by atoms with E-state index in [9.17, 15) is 0 Å². The monoisotopic (exact) mass is 331 g/mol. The maximum Gasteiger partial charge on any atom is 0.0557 e. The first kappa shape index (κ1) is 15.3. The third-order valence-electron chi connectivity index (χ3n) is 4.60. The minimum Gasteiger partial charge on any atom is -0.320 e. The molecular weight excluding hydrogens is 310 g/mol. The fourth-order valence-electron chi connectivity index (χ4n) is 2.83. The van der Waals surface area contributed by atoms with Gasteiger partial charge in [-0.05, 0) is 85.7 Å². The third kappa shape index (κ3) is 2.55. The molecule has 1 atom stereocenters. The molecule has 0 radical (unpaired) electrons. The van der Waals surface area contributed by atoms with Crippen LogP contribution in [0.5, 0.6) is 0 Å². The highest BCUT2D eigenvalue weighted by Gasteiger charge is 2.18. The summed E-state index contributed by atoms with van der Waals surface area (Å²) in [5, 5.41) is 0. The summed E-state index contributed by atoms with van der Waals surface area (Å²) in [5.74, 6) is 0. The highest BCUT2D eigenvalue weighted by molar-refractivity contribution is 9.10. The molecule has 0 aromatic heterocycles. The van der Waals surface area contributed by atoms with Gasteiger partial charge in [-0.15, -0.1) is 0 Å². The molecule has 0 aliphatic rings. The van der Waals surface area contributed by atoms with Gasteiger partial charge in [0, 0.05) is 4.47 Å². The second-order valence-corrected chi connectivity index (χ2v) is 6.48. The van der Waals surface area contributed by atoms with Crippen LogP contribution < -0.4 is 5.73 Å². The Morgan fingerprint density at radius 2 is 1.15 bits per heavy atom. The van der Waals surface area contributed by atoms with Gasteiger partial charge in [-0.1, -0.05) is 28.1 Å². The molecule has 2 aromatic carbocycles. The lowest BCUT2D eigenvalue weighted by atomic mass is 9.84. The van der Waals surface area contributed by atoms with Crippen molar-refractivity contribution in [1.29, 1.82) is 0 Å². The van der Waals surface area contributed by atoms with Crippen LogP contribution >= 0.6 is 15.9 Å². The number of nitrogens with two attached hydrogens (primary N) is 1. The highest BCUT2D eigenvalue weighted by atomic mass is 79.9. The van der Waals surface area contributed by atoms with Gasteiger partial charge in [0.1, 0.15) is 0 Å². The molecule has 0 spiro atoms. The van der Waals surface area contributed by atoms with Crippen LogP contribution in [-0.2, 0) is 0 Å². The summed E-state index contributed by atoms with van der Waals surface area (Å²) in [6, 6.07) is 8.22. The van der Waals surface area contributed by atoms with E-state index in [2.05, 4.69) is 62.7 Å². The third-order valence-corrected chi connectivity index (χ3v) is 5.13. The van der Waals surface area contributed by atoms with Crippen molar-refractivity contribution in [3.63, 3.8) is 0 Å². The Bertz CT molecular complexity index is 612. The summed E-state index contributed by atoms with van der Waals surface area (Å²) < 4.78 is 1.08. The molecule has 0 aliphatic heterocycles. The van der Waals surface area contributed by atoms with E-state index in [-0.39, 0.29) is 6.04 Å². The van der Waals surface area contributed by atoms with Crippen molar-refractivity contribution < 1.29 is 0 Å². The quantitative estimate of drug-likeness (QED) is 0.819. The Kier molecular flexibility index (Phi) is 4.36. The lowest BCUT2D eigenvalue weighted by molar-refractivity contribution is 0.842. The summed E-state index contributed by atoms with van der Waals surface area (Å²) in [7, 11) is 0. The highest BCUT2D eigenvalue weighted by Crippen LogP contribution is 2.32. The van der Waals surface area contributed by atoms with Crippen molar-refractivity contribution >= 4 is 15.9 Å². The van der Waals surface area contributed by atoms with Gasteiger partial charge in [-0.3, -0.25) is 0 Å². The maximum absolute atomic E-state index is 6.54. The van der Waals surface area contributed by atoms with E-state index in [1.807, 2.05) is 12.1 Å². The summed E-state index contributed by atoms with van der Waals surface area (Å²) >= 11 is 3.47. The van der Waals surface area contributed by atoms with Crippen LogP contribution in [0.25, 0.3) is 0 Å². The zero-order valence-electron chi connectivity index (χ0n) is 12.8. The molecule has 106 valence electrons. The first-order chi connectivity index (χ1) is 9.34. The van der Waals surface area contributed by atoms with Crippen molar-refractivity contribution in [3.8, 4) is 0 Å². The molecule has 2 N–H and O–H groups in total. The van der Waals surface area contributed by atoms with E-state index >= 15 is 0 Å². The van der Waals surface area contributed by atoms with Gasteiger partial charge in [0.2, 0.25) is 0 Å². The Balaban J connectivity index is 2.60. The molecule has 0 saturated carbocycles.